The van der Waals surface area contributed by atoms with Crippen molar-refractivity contribution in [3.05, 3.63) is 34.9 Å². The molecule has 0 aromatic heterocycles. The molecule has 1 N–H and O–H groups in total. The van der Waals surface area contributed by atoms with E-state index in [1.807, 2.05) is 12.1 Å². The summed E-state index contributed by atoms with van der Waals surface area (Å²) in [4.78, 5) is 0. The Kier molecular flexibility index (Phi) is 4.40. The molecule has 0 aliphatic carbocycles. The van der Waals surface area contributed by atoms with Crippen molar-refractivity contribution in [1.82, 2.24) is 5.32 Å². The Morgan fingerprint density at radius 3 is 2.71 bits per heavy atom. The summed E-state index contributed by atoms with van der Waals surface area (Å²) in [6.07, 6.45) is 1.27. The van der Waals surface area contributed by atoms with Gasteiger partial charge in [-0.05, 0) is 35.3 Å². The summed E-state index contributed by atoms with van der Waals surface area (Å²) in [7, 11) is 0. The average molecular weight is 270 g/mol. The summed E-state index contributed by atoms with van der Waals surface area (Å²) in [5, 5.41) is 4.46. The summed E-state index contributed by atoms with van der Waals surface area (Å²) in [5.74, 6) is 2.52. The molecule has 1 aromatic carbocycles. The molecule has 0 radical (unpaired) electrons. The van der Waals surface area contributed by atoms with Crippen LogP contribution in [-0.4, -0.2) is 17.5 Å². The van der Waals surface area contributed by atoms with Crippen LogP contribution in [0, 0.1) is 5.41 Å². The monoisotopic (exact) mass is 269 g/mol. The van der Waals surface area contributed by atoms with E-state index in [1.165, 1.54) is 23.5 Å². The van der Waals surface area contributed by atoms with E-state index < -0.39 is 0 Å². The third kappa shape index (κ3) is 4.20. The van der Waals surface area contributed by atoms with Crippen molar-refractivity contribution in [2.24, 2.45) is 5.41 Å². The van der Waals surface area contributed by atoms with Crippen molar-refractivity contribution in [3.63, 3.8) is 0 Å². The molecule has 1 aliphatic rings. The molecule has 0 amide bonds. The van der Waals surface area contributed by atoms with E-state index in [1.54, 1.807) is 0 Å². The van der Waals surface area contributed by atoms with Crippen LogP contribution >= 0.6 is 23.4 Å². The molecule has 1 unspecified atom stereocenters. The van der Waals surface area contributed by atoms with Gasteiger partial charge in [-0.3, -0.25) is 0 Å². The second kappa shape index (κ2) is 5.64. The van der Waals surface area contributed by atoms with Crippen LogP contribution in [0.2, 0.25) is 5.02 Å². The lowest BCUT2D eigenvalue weighted by molar-refractivity contribution is 0.317. The molecule has 0 spiro atoms. The lowest BCUT2D eigenvalue weighted by Gasteiger charge is -2.35. The first-order chi connectivity index (χ1) is 8.05. The molecule has 1 heterocycles. The molecule has 17 heavy (non-hydrogen) atoms. The van der Waals surface area contributed by atoms with Crippen LogP contribution in [0.1, 0.15) is 25.8 Å². The van der Waals surface area contributed by atoms with Crippen LogP contribution in [0.25, 0.3) is 0 Å². The van der Waals surface area contributed by atoms with E-state index >= 15 is 0 Å². The minimum absolute atomic E-state index is 0.473. The van der Waals surface area contributed by atoms with E-state index in [0.29, 0.717) is 11.5 Å². The van der Waals surface area contributed by atoms with Crippen molar-refractivity contribution < 1.29 is 0 Å². The number of hydrogen-bond acceptors (Lipinski definition) is 2. The molecule has 1 atom stereocenters. The van der Waals surface area contributed by atoms with Gasteiger partial charge in [-0.15, -0.1) is 0 Å². The standard InChI is InChI=1S/C14H20ClNS/c1-14(2)7-13(9-17-10-14)16-8-11-3-5-12(15)6-4-11/h3-6,13,16H,7-10H2,1-2H3. The van der Waals surface area contributed by atoms with Crippen molar-refractivity contribution in [1.29, 1.82) is 0 Å². The lowest BCUT2D eigenvalue weighted by Crippen LogP contribution is -2.39. The van der Waals surface area contributed by atoms with Crippen molar-refractivity contribution in [3.8, 4) is 0 Å². The van der Waals surface area contributed by atoms with Gasteiger partial charge in [0.05, 0.1) is 0 Å². The molecule has 1 aliphatic heterocycles. The van der Waals surface area contributed by atoms with Gasteiger partial charge in [0.1, 0.15) is 0 Å². The maximum absolute atomic E-state index is 5.87. The highest BCUT2D eigenvalue weighted by Gasteiger charge is 2.27. The van der Waals surface area contributed by atoms with E-state index in [9.17, 15) is 0 Å². The Bertz CT molecular complexity index is 361. The second-order valence-corrected chi connectivity index (χ2v) is 7.05. The minimum atomic E-state index is 0.473. The van der Waals surface area contributed by atoms with Gasteiger partial charge in [0, 0.05) is 23.4 Å². The van der Waals surface area contributed by atoms with Crippen LogP contribution in [0.4, 0.5) is 0 Å². The SMILES string of the molecule is CC1(C)CSCC(NCc2ccc(Cl)cc2)C1. The zero-order valence-electron chi connectivity index (χ0n) is 10.5. The van der Waals surface area contributed by atoms with Gasteiger partial charge in [-0.25, -0.2) is 0 Å². The van der Waals surface area contributed by atoms with Gasteiger partial charge in [-0.1, -0.05) is 37.6 Å². The number of benzene rings is 1. The number of halogens is 1. The Balaban J connectivity index is 1.84. The molecular weight excluding hydrogens is 250 g/mol. The summed E-state index contributed by atoms with van der Waals surface area (Å²) in [5.41, 5.74) is 1.78. The fraction of sp³-hybridized carbons (Fsp3) is 0.571. The zero-order chi connectivity index (χ0) is 12.3. The highest BCUT2D eigenvalue weighted by atomic mass is 35.5. The zero-order valence-corrected chi connectivity index (χ0v) is 12.1. The number of hydrogen-bond donors (Lipinski definition) is 1. The Hall–Kier alpha value is -0.180. The molecule has 0 saturated carbocycles. The predicted molar refractivity (Wildman–Crippen MR) is 77.8 cm³/mol. The molecule has 1 nitrogen and oxygen atoms in total. The summed E-state index contributed by atoms with van der Waals surface area (Å²) in [6.45, 7) is 5.66. The molecule has 1 aromatic rings. The third-order valence-corrected chi connectivity index (χ3v) is 4.99. The molecule has 2 rings (SSSR count). The minimum Gasteiger partial charge on any atom is -0.309 e. The number of rotatable bonds is 3. The fourth-order valence-electron chi connectivity index (χ4n) is 2.26. The van der Waals surface area contributed by atoms with Crippen LogP contribution in [0.3, 0.4) is 0 Å². The molecule has 3 heteroatoms. The van der Waals surface area contributed by atoms with Crippen LogP contribution in [0.5, 0.6) is 0 Å². The van der Waals surface area contributed by atoms with Crippen LogP contribution in [-0.2, 0) is 6.54 Å². The maximum Gasteiger partial charge on any atom is 0.0406 e. The number of nitrogens with one attached hydrogen (secondary N) is 1. The van der Waals surface area contributed by atoms with Gasteiger partial charge < -0.3 is 5.32 Å². The normalized spacial score (nSPS) is 23.6. The van der Waals surface area contributed by atoms with E-state index in [2.05, 4.69) is 43.1 Å². The fourth-order valence-corrected chi connectivity index (χ4v) is 3.69. The molecule has 94 valence electrons. The van der Waals surface area contributed by atoms with Gasteiger partial charge in [0.2, 0.25) is 0 Å². The van der Waals surface area contributed by atoms with E-state index in [-0.39, 0.29) is 0 Å². The molecule has 1 fully saturated rings. The summed E-state index contributed by atoms with van der Waals surface area (Å²) < 4.78 is 0. The van der Waals surface area contributed by atoms with Crippen LogP contribution in [0.15, 0.2) is 24.3 Å². The van der Waals surface area contributed by atoms with Crippen molar-refractivity contribution >= 4 is 23.4 Å². The van der Waals surface area contributed by atoms with Gasteiger partial charge in [0.25, 0.3) is 0 Å². The Morgan fingerprint density at radius 2 is 2.06 bits per heavy atom. The third-order valence-electron chi connectivity index (χ3n) is 3.12. The largest absolute Gasteiger partial charge is 0.309 e. The lowest BCUT2D eigenvalue weighted by atomic mass is 9.88. The van der Waals surface area contributed by atoms with Gasteiger partial charge in [-0.2, -0.15) is 11.8 Å². The van der Waals surface area contributed by atoms with Crippen molar-refractivity contribution in [2.75, 3.05) is 11.5 Å². The quantitative estimate of drug-likeness (QED) is 0.891. The highest BCUT2D eigenvalue weighted by Crippen LogP contribution is 2.33. The summed E-state index contributed by atoms with van der Waals surface area (Å²) >= 11 is 7.94. The first-order valence-corrected chi connectivity index (χ1v) is 7.64. The second-order valence-electron chi connectivity index (χ2n) is 5.59. The van der Waals surface area contributed by atoms with Gasteiger partial charge >= 0.3 is 0 Å². The van der Waals surface area contributed by atoms with Crippen LogP contribution < -0.4 is 5.32 Å². The van der Waals surface area contributed by atoms with E-state index in [4.69, 9.17) is 11.6 Å². The Morgan fingerprint density at radius 1 is 1.35 bits per heavy atom. The Labute approximate surface area is 113 Å². The first-order valence-electron chi connectivity index (χ1n) is 6.11. The first kappa shape index (κ1) is 13.3. The predicted octanol–water partition coefficient (Wildman–Crippen LogP) is 3.96. The topological polar surface area (TPSA) is 12.0 Å². The summed E-state index contributed by atoms with van der Waals surface area (Å²) in [6, 6.07) is 8.74. The average Bonchev–Trinajstić information content (AvgIpc) is 2.27. The molecular formula is C14H20ClNS. The van der Waals surface area contributed by atoms with Crippen molar-refractivity contribution in [2.45, 2.75) is 32.9 Å². The molecule has 1 saturated heterocycles. The van der Waals surface area contributed by atoms with Gasteiger partial charge in [0.15, 0.2) is 0 Å². The maximum atomic E-state index is 5.87. The smallest absolute Gasteiger partial charge is 0.0406 e. The molecule has 0 bridgehead atoms. The highest BCUT2D eigenvalue weighted by molar-refractivity contribution is 7.99. The number of thioether (sulfide) groups is 1. The van der Waals surface area contributed by atoms with E-state index in [0.717, 1.165) is 11.6 Å².